The van der Waals surface area contributed by atoms with Crippen LogP contribution in [0, 0.1) is 13.8 Å². The molecule has 6 nitrogen and oxygen atoms in total. The van der Waals surface area contributed by atoms with Gasteiger partial charge in [0, 0.05) is 47.5 Å². The zero-order valence-electron chi connectivity index (χ0n) is 70.9. The molecule has 1 aliphatic rings. The van der Waals surface area contributed by atoms with Crippen molar-refractivity contribution in [2.75, 3.05) is 26.4 Å². The van der Waals surface area contributed by atoms with E-state index in [0.29, 0.717) is 23.0 Å². The largest absolute Gasteiger partial charge is 0.491 e. The Kier molecular flexibility index (Phi) is 41.9. The van der Waals surface area contributed by atoms with Crippen molar-refractivity contribution in [1.29, 1.82) is 2.56 Å². The summed E-state index contributed by atoms with van der Waals surface area (Å²) in [6.07, 6.45) is 45.2. The molecule has 0 fully saturated rings. The van der Waals surface area contributed by atoms with Gasteiger partial charge in [-0.3, -0.25) is 0 Å². The normalized spacial score (nSPS) is 13.1. The minimum Gasteiger partial charge on any atom is -0.491 e. The minimum absolute atomic E-state index is 0.492. The molecule has 19 heteroatoms. The van der Waals surface area contributed by atoms with Crippen LogP contribution in [0.1, 0.15) is 306 Å². The zero-order valence-corrected chi connectivity index (χ0v) is 82.4. The zero-order chi connectivity index (χ0) is 80.5. The molecule has 0 aliphatic carbocycles. The summed E-state index contributed by atoms with van der Waals surface area (Å²) in [5.41, 5.74) is 5.22. The van der Waals surface area contributed by atoms with E-state index in [1.807, 2.05) is 51.4 Å². The first-order valence-corrected chi connectivity index (χ1v) is 61.2. The molecule has 1 aliphatic heterocycles. The van der Waals surface area contributed by atoms with Crippen LogP contribution in [-0.2, 0) is 29.1 Å². The van der Waals surface area contributed by atoms with Crippen LogP contribution in [-0.4, -0.2) is 63.3 Å². The molecular weight excluding hydrogens is 1750 g/mol. The summed E-state index contributed by atoms with van der Waals surface area (Å²) in [4.78, 5) is 17.2. The van der Waals surface area contributed by atoms with Gasteiger partial charge in [0.2, 0.25) is 9.84 Å². The second kappa shape index (κ2) is 50.1. The smallest absolute Gasteiger partial charge is 0.204 e. The van der Waals surface area contributed by atoms with Crippen molar-refractivity contribution in [3.8, 4) is 42.5 Å². The molecule has 0 N–H and O–H groups in total. The third-order valence-corrected chi connectivity index (χ3v) is 41.8. The molecule has 7 aromatic heterocycles. The third kappa shape index (κ3) is 27.7. The van der Waals surface area contributed by atoms with Crippen molar-refractivity contribution >= 4 is 204 Å². The molecule has 2 aromatic carbocycles. The molecule has 602 valence electrons. The number of sulfone groups is 1. The predicted octanol–water partition coefficient (Wildman–Crippen LogP) is 33.3. The van der Waals surface area contributed by atoms with Crippen LogP contribution in [0.4, 0.5) is 0 Å². The molecule has 9 aromatic rings. The Hall–Kier alpha value is -1.74. The summed E-state index contributed by atoms with van der Waals surface area (Å²) >= 11 is 18.2. The minimum atomic E-state index is -3.50. The maximum atomic E-state index is 13.9. The quantitative estimate of drug-likeness (QED) is 0.0215. The SMILES string of the molecule is CCCCCCOc1c2c[c]([Sn]([CH3])([CH3])[CH3])sc2c(OCCCCCC)c2cc(C)sc12.CCCCCCOc1c2cc(-c3sc(C4=CC(CCCCCC)=C(C)S4(=O)=O)cc3CCCCCC)sc2c(OCCCCCC)c2cc(C)sc12.CCCCCCc1cc(-c2cc(CCCCCC)c(Br)s2)sc1Br.[3H]P([3H])[B]. The van der Waals surface area contributed by atoms with Gasteiger partial charge in [0.25, 0.3) is 0 Å². The summed E-state index contributed by atoms with van der Waals surface area (Å²) in [6.45, 7) is 27.2. The number of benzene rings is 2. The molecule has 0 bridgehead atoms. The fourth-order valence-electron chi connectivity index (χ4n) is 14.0. The molecule has 0 atom stereocenters. The molecular formula is C90H132BBr2O6PS8Sn. The Morgan fingerprint density at radius 3 is 1.11 bits per heavy atom. The van der Waals surface area contributed by atoms with Gasteiger partial charge in [0.15, 0.2) is 0 Å². The Balaban J connectivity index is 0.000000245. The van der Waals surface area contributed by atoms with Crippen molar-refractivity contribution in [2.45, 2.75) is 322 Å². The Labute approximate surface area is 715 Å². The number of allylic oxidation sites excluding steroid dienone is 3. The van der Waals surface area contributed by atoms with Crippen molar-refractivity contribution < 1.29 is 27.4 Å². The van der Waals surface area contributed by atoms with E-state index in [9.17, 15) is 8.42 Å². The molecule has 0 saturated carbocycles. The molecule has 0 spiro atoms. The maximum absolute atomic E-state index is 13.9. The molecule has 10 rings (SSSR count). The van der Waals surface area contributed by atoms with Gasteiger partial charge in [-0.05, 0) is 169 Å². The van der Waals surface area contributed by atoms with Crippen molar-refractivity contribution in [3.63, 3.8) is 0 Å². The van der Waals surface area contributed by atoms with Gasteiger partial charge in [0.1, 0.15) is 11.5 Å². The van der Waals surface area contributed by atoms with Crippen LogP contribution in [0.3, 0.4) is 0 Å². The van der Waals surface area contributed by atoms with Crippen molar-refractivity contribution in [3.05, 3.63) is 97.9 Å². The fourth-order valence-corrected chi connectivity index (χ4v) is 30.3. The summed E-state index contributed by atoms with van der Waals surface area (Å²) in [5, 5.41) is 4.83. The Morgan fingerprint density at radius 2 is 0.725 bits per heavy atom. The van der Waals surface area contributed by atoms with E-state index in [-0.39, 0.29) is 0 Å². The van der Waals surface area contributed by atoms with Crippen LogP contribution >= 0.6 is 120 Å². The summed E-state index contributed by atoms with van der Waals surface area (Å²) < 4.78 is 75.6. The molecule has 0 saturated heterocycles. The third-order valence-electron chi connectivity index (χ3n) is 20.4. The van der Waals surface area contributed by atoms with E-state index in [2.05, 4.69) is 166 Å². The fraction of sp³-hybridized carbons (Fsp3) is 0.600. The number of unbranched alkanes of at least 4 members (excludes halogenated alkanes) is 24. The number of ether oxygens (including phenoxy) is 4. The number of hydrogen-bond acceptors (Lipinski definition) is 13. The maximum Gasteiger partial charge on any atom is 0.204 e. The Bertz CT molecular complexity index is 4240. The summed E-state index contributed by atoms with van der Waals surface area (Å²) in [5.74, 6) is 4.18. The van der Waals surface area contributed by atoms with Gasteiger partial charge < -0.3 is 9.47 Å². The number of thiophene rings is 7. The van der Waals surface area contributed by atoms with Gasteiger partial charge in [-0.1, -0.05) is 157 Å². The van der Waals surface area contributed by atoms with Gasteiger partial charge in [-0.2, -0.15) is 9.01 Å². The average Bonchev–Trinajstić information content (AvgIpc) is 1.59. The first-order chi connectivity index (χ1) is 53.5. The van der Waals surface area contributed by atoms with Crippen LogP contribution in [0.5, 0.6) is 23.0 Å². The second-order valence-corrected chi connectivity index (χ2v) is 58.6. The van der Waals surface area contributed by atoms with E-state index < -0.39 is 37.2 Å². The second-order valence-electron chi connectivity index (χ2n) is 30.7. The molecule has 109 heavy (non-hydrogen) atoms. The monoisotopic (exact) mass is 1890 g/mol. The number of aryl methyl sites for hydroxylation is 5. The number of halogens is 2. The number of rotatable bonds is 48. The average molecular weight is 1890 g/mol. The van der Waals surface area contributed by atoms with Gasteiger partial charge >= 0.3 is 202 Å². The van der Waals surface area contributed by atoms with Crippen LogP contribution in [0.15, 0.2) is 66.6 Å². The van der Waals surface area contributed by atoms with Crippen molar-refractivity contribution in [2.24, 2.45) is 0 Å². The topological polar surface area (TPSA) is 71.1 Å². The van der Waals surface area contributed by atoms with Crippen LogP contribution < -0.4 is 21.8 Å². The first-order valence-electron chi connectivity index (χ1n) is 42.8. The van der Waals surface area contributed by atoms with E-state index in [1.54, 1.807) is 43.8 Å². The molecule has 0 unspecified atom stereocenters. The van der Waals surface area contributed by atoms with Crippen LogP contribution in [0.2, 0.25) is 14.8 Å². The summed E-state index contributed by atoms with van der Waals surface area (Å²) in [6, 6.07) is 16.4. The molecule has 8 heterocycles. The number of hydrogen-bond donors (Lipinski definition) is 0. The van der Waals surface area contributed by atoms with E-state index in [0.717, 1.165) is 120 Å². The van der Waals surface area contributed by atoms with Gasteiger partial charge in [-0.25, -0.2) is 8.42 Å². The van der Waals surface area contributed by atoms with Crippen molar-refractivity contribution in [1.82, 2.24) is 0 Å². The molecule has 0 amide bonds. The molecule has 2 radical (unpaired) electrons. The first kappa shape index (κ1) is 91.2. The standard InChI is InChI=1S/C44H62O4S4.C23H31O2S2.C20H28Br2S2.3CH3.BH2P.Sn/c1-7-11-15-19-23-33-29-39(52(45,46)32(33)6)37-28-34(24-20-16-12-8-2)42(50-37)38-30-36-41(48-26-22-18-14-10-4)43-35(27-31(5)49-43)40(44(36)51-38)47-25-21-17-13-9-3;1-4-6-8-10-13-24-20-18-12-15-26-22(18)21(25-14-11-9-7-5-2)19-16-17(3)27-23(19)20;1-3-5-7-9-11-15-13-17(23-19(15)21)18-14-16(20(22)24-18)12-10-8-6-4-2;;;;1-2;/h27-30H,7-26H2,1-6H3;12,16H,4-11,13-14H2,1-3H3;13-14H,3-12H2,1-2H3;3*1H3;2H2;/i;;;;;;2T2;. The van der Waals surface area contributed by atoms with Crippen LogP contribution in [0.25, 0.3) is 64.8 Å². The van der Waals surface area contributed by atoms with E-state index in [4.69, 9.17) is 21.5 Å². The summed E-state index contributed by atoms with van der Waals surface area (Å²) in [7, 11) is -0.616. The van der Waals surface area contributed by atoms with Gasteiger partial charge in [-0.15, -0.1) is 56.7 Å². The Morgan fingerprint density at radius 1 is 0.394 bits per heavy atom. The predicted molar refractivity (Wildman–Crippen MR) is 509 cm³/mol. The van der Waals surface area contributed by atoms with E-state index >= 15 is 0 Å². The van der Waals surface area contributed by atoms with E-state index in [1.165, 1.54) is 252 Å². The number of fused-ring (bicyclic) bond motifs is 4. The van der Waals surface area contributed by atoms with Gasteiger partial charge in [0.05, 0.1) is 42.7 Å².